The van der Waals surface area contributed by atoms with E-state index in [4.69, 9.17) is 32.5 Å². The first-order chi connectivity index (χ1) is 18.8. The minimum atomic E-state index is -1.32. The van der Waals surface area contributed by atoms with E-state index in [9.17, 15) is 19.2 Å². The van der Waals surface area contributed by atoms with Gasteiger partial charge in [0.25, 0.3) is 0 Å². The molecule has 2 aliphatic carbocycles. The largest absolute Gasteiger partial charge is 0.472 e. The first-order valence-corrected chi connectivity index (χ1v) is 13.3. The van der Waals surface area contributed by atoms with Gasteiger partial charge in [0.15, 0.2) is 6.10 Å². The van der Waals surface area contributed by atoms with Crippen LogP contribution in [0.2, 0.25) is 0 Å². The molecule has 11 nitrogen and oxygen atoms in total. The van der Waals surface area contributed by atoms with Crippen LogP contribution in [0.4, 0.5) is 0 Å². The van der Waals surface area contributed by atoms with Crippen molar-refractivity contribution in [2.75, 3.05) is 0 Å². The topological polar surface area (TPSA) is 141 Å². The van der Waals surface area contributed by atoms with Crippen molar-refractivity contribution in [2.24, 2.45) is 17.3 Å². The van der Waals surface area contributed by atoms with E-state index in [0.29, 0.717) is 12.8 Å². The van der Waals surface area contributed by atoms with Crippen LogP contribution in [0, 0.1) is 17.3 Å². The Kier molecular flexibility index (Phi) is 6.84. The van der Waals surface area contributed by atoms with Gasteiger partial charge in [-0.3, -0.25) is 9.59 Å². The van der Waals surface area contributed by atoms with Crippen molar-refractivity contribution in [2.45, 2.75) is 90.0 Å². The van der Waals surface area contributed by atoms with Gasteiger partial charge in [-0.2, -0.15) is 0 Å². The second kappa shape index (κ2) is 9.79. The molecule has 1 spiro atoms. The van der Waals surface area contributed by atoms with Gasteiger partial charge in [-0.05, 0) is 51.7 Å². The van der Waals surface area contributed by atoms with E-state index in [-0.39, 0.29) is 17.0 Å². The lowest BCUT2D eigenvalue weighted by Crippen LogP contribution is -2.76. The van der Waals surface area contributed by atoms with Crippen LogP contribution in [0.3, 0.4) is 0 Å². The number of carbonyl (C=O) groups excluding carboxylic acids is 4. The van der Waals surface area contributed by atoms with Crippen LogP contribution in [0.1, 0.15) is 75.1 Å². The van der Waals surface area contributed by atoms with Crippen molar-refractivity contribution in [3.05, 3.63) is 48.3 Å². The molecule has 3 heterocycles. The monoisotopic (exact) mass is 558 g/mol. The lowest BCUT2D eigenvalue weighted by molar-refractivity contribution is -0.296. The van der Waals surface area contributed by atoms with Crippen molar-refractivity contribution in [1.82, 2.24) is 0 Å². The maximum absolute atomic E-state index is 13.4. The molecule has 8 atom stereocenters. The van der Waals surface area contributed by atoms with Crippen LogP contribution in [0.25, 0.3) is 0 Å². The summed E-state index contributed by atoms with van der Waals surface area (Å²) in [5.41, 5.74) is -3.27. The van der Waals surface area contributed by atoms with Crippen molar-refractivity contribution in [1.29, 1.82) is 0 Å². The van der Waals surface area contributed by atoms with E-state index in [1.807, 2.05) is 20.8 Å². The zero-order chi connectivity index (χ0) is 29.0. The van der Waals surface area contributed by atoms with E-state index in [1.54, 1.807) is 6.92 Å². The molecule has 0 aromatic carbocycles. The van der Waals surface area contributed by atoms with Crippen LogP contribution >= 0.6 is 0 Å². The van der Waals surface area contributed by atoms with Crippen LogP contribution in [0.5, 0.6) is 0 Å². The van der Waals surface area contributed by atoms with Crippen LogP contribution in [-0.4, -0.2) is 59.5 Å². The van der Waals surface area contributed by atoms with Gasteiger partial charge < -0.3 is 32.5 Å². The molecule has 0 unspecified atom stereocenters. The number of carbonyl (C=O) groups is 4. The summed E-state index contributed by atoms with van der Waals surface area (Å²) >= 11 is 0. The summed E-state index contributed by atoms with van der Waals surface area (Å²) in [4.78, 5) is 51.6. The maximum atomic E-state index is 13.4. The summed E-state index contributed by atoms with van der Waals surface area (Å²) in [6.07, 6.45) is 2.18. The highest BCUT2D eigenvalue weighted by atomic mass is 16.6. The second-order valence-corrected chi connectivity index (χ2v) is 11.6. The highest BCUT2D eigenvalue weighted by Gasteiger charge is 2.82. The third-order valence-electron chi connectivity index (χ3n) is 8.92. The molecule has 11 heteroatoms. The normalized spacial score (nSPS) is 35.8. The summed E-state index contributed by atoms with van der Waals surface area (Å²) in [7, 11) is 0. The van der Waals surface area contributed by atoms with Crippen LogP contribution < -0.4 is 0 Å². The summed E-state index contributed by atoms with van der Waals surface area (Å²) in [5, 5.41) is 0. The predicted molar refractivity (Wildman–Crippen MR) is 135 cm³/mol. The second-order valence-electron chi connectivity index (χ2n) is 11.6. The van der Waals surface area contributed by atoms with Gasteiger partial charge in [0.1, 0.15) is 36.4 Å². The van der Waals surface area contributed by atoms with Crippen molar-refractivity contribution >= 4 is 23.9 Å². The van der Waals surface area contributed by atoms with Crippen LogP contribution in [0.15, 0.2) is 46.0 Å². The van der Waals surface area contributed by atoms with Crippen LogP contribution in [-0.2, 0) is 33.3 Å². The Bertz CT molecular complexity index is 1280. The molecule has 216 valence electrons. The quantitative estimate of drug-likeness (QED) is 0.374. The Balaban J connectivity index is 1.72. The number of rotatable bonds is 6. The fourth-order valence-electron chi connectivity index (χ4n) is 7.38. The molecule has 1 aliphatic heterocycles. The smallest absolute Gasteiger partial charge is 0.341 e. The number of furan rings is 2. The average molecular weight is 559 g/mol. The first-order valence-electron chi connectivity index (χ1n) is 13.3. The third kappa shape index (κ3) is 4.13. The Morgan fingerprint density at radius 2 is 1.35 bits per heavy atom. The average Bonchev–Trinajstić information content (AvgIpc) is 3.62. The number of ether oxygens (including phenoxy) is 5. The molecule has 2 aromatic rings. The lowest BCUT2D eigenvalue weighted by atomic mass is 9.48. The summed E-state index contributed by atoms with van der Waals surface area (Å²) in [5.74, 6) is -3.51. The zero-order valence-electron chi connectivity index (χ0n) is 23.3. The van der Waals surface area contributed by atoms with Gasteiger partial charge >= 0.3 is 23.9 Å². The minimum Gasteiger partial charge on any atom is -0.472 e. The third-order valence-corrected chi connectivity index (χ3v) is 8.92. The minimum absolute atomic E-state index is 0.160. The van der Waals surface area contributed by atoms with Gasteiger partial charge in [-0.1, -0.05) is 6.92 Å². The molecular formula is C29H34O11. The Hall–Kier alpha value is -3.60. The molecule has 2 saturated carbocycles. The molecule has 2 aromatic heterocycles. The molecule has 40 heavy (non-hydrogen) atoms. The summed E-state index contributed by atoms with van der Waals surface area (Å²) < 4.78 is 41.3. The number of fused-ring (bicyclic) bond motifs is 1. The van der Waals surface area contributed by atoms with E-state index in [2.05, 4.69) is 0 Å². The lowest BCUT2D eigenvalue weighted by Gasteiger charge is -2.62. The molecule has 3 fully saturated rings. The van der Waals surface area contributed by atoms with Gasteiger partial charge in [0, 0.05) is 13.8 Å². The Morgan fingerprint density at radius 1 is 0.800 bits per heavy atom. The van der Waals surface area contributed by atoms with E-state index in [1.165, 1.54) is 51.0 Å². The van der Waals surface area contributed by atoms with E-state index >= 15 is 0 Å². The van der Waals surface area contributed by atoms with Crippen molar-refractivity contribution in [3.63, 3.8) is 0 Å². The summed E-state index contributed by atoms with van der Waals surface area (Å²) in [6, 6.07) is 2.95. The SMILES string of the molecule is CC(=O)O[C@@H]1[C@@H]2[C@@H](OC(=O)c3ccoc3)[C@]3(OC2(C)C)[C@H](C)CC[C@H](OC(C)=O)[C@@]3(C)[C@H]1OC(=O)c1ccoc1. The molecule has 3 aliphatic rings. The van der Waals surface area contributed by atoms with Crippen molar-refractivity contribution < 1.29 is 51.7 Å². The highest BCUT2D eigenvalue weighted by Crippen LogP contribution is 2.68. The predicted octanol–water partition coefficient (Wildman–Crippen LogP) is 4.10. The molecular weight excluding hydrogens is 524 g/mol. The summed E-state index contributed by atoms with van der Waals surface area (Å²) in [6.45, 7) is 9.96. The highest BCUT2D eigenvalue weighted by molar-refractivity contribution is 5.89. The Morgan fingerprint density at radius 3 is 1.85 bits per heavy atom. The van der Waals surface area contributed by atoms with Gasteiger partial charge in [-0.25, -0.2) is 9.59 Å². The molecule has 0 N–H and O–H groups in total. The molecule has 0 radical (unpaired) electrons. The standard InChI is InChI=1S/C29H34O11/c1-15-7-8-20(36-16(2)30)28(6)24(39-26(33)19-10-12-35-14-19)22(37-17(3)31)21-23(29(15,28)40-27(21,4)5)38-25(32)18-9-11-34-13-18/h9-15,20-24H,7-8H2,1-6H3/t15-,20+,21-,22-,23-,24+,28+,29-/m1/s1. The fourth-order valence-corrected chi connectivity index (χ4v) is 7.38. The van der Waals surface area contributed by atoms with Gasteiger partial charge in [0.05, 0.1) is 40.6 Å². The Labute approximate surface area is 231 Å². The number of hydrogen-bond acceptors (Lipinski definition) is 11. The van der Waals surface area contributed by atoms with E-state index in [0.717, 1.165) is 0 Å². The van der Waals surface area contributed by atoms with Gasteiger partial charge in [0.2, 0.25) is 0 Å². The number of esters is 4. The number of hydrogen-bond donors (Lipinski definition) is 0. The fraction of sp³-hybridized carbons (Fsp3) is 0.586. The van der Waals surface area contributed by atoms with Crippen molar-refractivity contribution in [3.8, 4) is 0 Å². The van der Waals surface area contributed by atoms with E-state index < -0.39 is 70.8 Å². The molecule has 1 saturated heterocycles. The molecule has 5 rings (SSSR count). The first kappa shape index (κ1) is 27.9. The molecule has 0 amide bonds. The maximum Gasteiger partial charge on any atom is 0.341 e. The molecule has 2 bridgehead atoms. The van der Waals surface area contributed by atoms with Gasteiger partial charge in [-0.15, -0.1) is 0 Å². The zero-order valence-corrected chi connectivity index (χ0v) is 23.3.